The van der Waals surface area contributed by atoms with Crippen LogP contribution in [0.1, 0.15) is 22.6 Å². The zero-order valence-corrected chi connectivity index (χ0v) is 20.2. The van der Waals surface area contributed by atoms with E-state index in [4.69, 9.17) is 23.7 Å². The predicted octanol–water partition coefficient (Wildman–Crippen LogP) is 2.49. The van der Waals surface area contributed by atoms with Gasteiger partial charge in [0.15, 0.2) is 23.0 Å². The van der Waals surface area contributed by atoms with Gasteiger partial charge in [-0.3, -0.25) is 4.79 Å². The van der Waals surface area contributed by atoms with E-state index in [1.165, 1.54) is 0 Å². The number of carbonyl (C=O) groups excluding carboxylic acids is 1. The van der Waals surface area contributed by atoms with Gasteiger partial charge in [-0.15, -0.1) is 0 Å². The van der Waals surface area contributed by atoms with Crippen molar-refractivity contribution in [3.63, 3.8) is 0 Å². The molecule has 0 saturated carbocycles. The molecule has 0 spiro atoms. The molecule has 34 heavy (non-hydrogen) atoms. The van der Waals surface area contributed by atoms with Crippen molar-refractivity contribution in [1.29, 1.82) is 0 Å². The summed E-state index contributed by atoms with van der Waals surface area (Å²) in [6, 6.07) is 9.67. The maximum Gasteiger partial charge on any atom is 0.226 e. The van der Waals surface area contributed by atoms with Gasteiger partial charge in [-0.05, 0) is 47.4 Å². The highest BCUT2D eigenvalue weighted by atomic mass is 16.5. The average molecular weight is 472 g/mol. The number of morpholine rings is 1. The van der Waals surface area contributed by atoms with E-state index in [0.29, 0.717) is 55.7 Å². The number of methoxy groups -OCH3 is 4. The second kappa shape index (κ2) is 10.5. The van der Waals surface area contributed by atoms with Crippen LogP contribution in [-0.4, -0.2) is 77.3 Å². The quantitative estimate of drug-likeness (QED) is 0.664. The Labute approximate surface area is 200 Å². The molecule has 1 amide bonds. The Morgan fingerprint density at radius 2 is 1.56 bits per heavy atom. The lowest BCUT2D eigenvalue weighted by atomic mass is 9.66. The minimum atomic E-state index is -0.383. The van der Waals surface area contributed by atoms with Gasteiger partial charge in [0.05, 0.1) is 41.7 Å². The molecule has 2 aromatic rings. The molecule has 1 aliphatic carbocycles. The Hall–Kier alpha value is -2.97. The van der Waals surface area contributed by atoms with Crippen molar-refractivity contribution in [3.8, 4) is 23.0 Å². The summed E-state index contributed by atoms with van der Waals surface area (Å²) in [6.07, 6.45) is 0.515. The lowest BCUT2D eigenvalue weighted by Crippen LogP contribution is -2.48. The topological polar surface area (TPSA) is 86.7 Å². The highest BCUT2D eigenvalue weighted by molar-refractivity contribution is 5.80. The number of ether oxygens (including phenoxy) is 5. The number of aliphatic hydroxyl groups excluding tert-OH is 1. The summed E-state index contributed by atoms with van der Waals surface area (Å²) in [5.74, 6) is 1.55. The lowest BCUT2D eigenvalue weighted by molar-refractivity contribution is -0.142. The largest absolute Gasteiger partial charge is 0.493 e. The van der Waals surface area contributed by atoms with Gasteiger partial charge in [0.2, 0.25) is 5.91 Å². The van der Waals surface area contributed by atoms with E-state index in [2.05, 4.69) is 0 Å². The molecule has 2 aliphatic rings. The summed E-state index contributed by atoms with van der Waals surface area (Å²) in [6.45, 7) is 2.06. The molecule has 2 aromatic carbocycles. The number of hydrogen-bond donors (Lipinski definition) is 1. The number of nitrogens with zero attached hydrogens (tertiary/aromatic N) is 1. The number of aliphatic hydroxyl groups is 1. The lowest BCUT2D eigenvalue weighted by Gasteiger charge is -2.41. The first-order valence-corrected chi connectivity index (χ1v) is 11.5. The van der Waals surface area contributed by atoms with Gasteiger partial charge < -0.3 is 33.7 Å². The fourth-order valence-corrected chi connectivity index (χ4v) is 5.25. The standard InChI is InChI=1S/C26H33NO7/c1-30-21-6-5-16(12-22(21)31-2)25-18-14-24(33-4)23(32-3)13-17(18)11-19(20(25)15-28)26(29)27-7-9-34-10-8-27/h5-6,12-14,19-20,25,28H,7-11,15H2,1-4H3/t19-,20-,25-/m1/s1. The van der Waals surface area contributed by atoms with Gasteiger partial charge in [0.1, 0.15) is 0 Å². The first kappa shape index (κ1) is 24.2. The summed E-state index contributed by atoms with van der Waals surface area (Å²) < 4.78 is 27.6. The second-order valence-corrected chi connectivity index (χ2v) is 8.59. The molecule has 8 heteroatoms. The Kier molecular flexibility index (Phi) is 7.48. The van der Waals surface area contributed by atoms with E-state index in [1.54, 1.807) is 28.4 Å². The van der Waals surface area contributed by atoms with E-state index in [1.807, 2.05) is 35.2 Å². The molecule has 184 valence electrons. The van der Waals surface area contributed by atoms with Crippen molar-refractivity contribution in [3.05, 3.63) is 47.0 Å². The summed E-state index contributed by atoms with van der Waals surface area (Å²) in [4.78, 5) is 15.5. The van der Waals surface area contributed by atoms with Crippen LogP contribution in [0.4, 0.5) is 0 Å². The molecule has 8 nitrogen and oxygen atoms in total. The van der Waals surface area contributed by atoms with Crippen LogP contribution in [0.5, 0.6) is 23.0 Å². The summed E-state index contributed by atoms with van der Waals surface area (Å²) in [5.41, 5.74) is 2.95. The molecule has 1 N–H and O–H groups in total. The molecular weight excluding hydrogens is 438 g/mol. The Morgan fingerprint density at radius 3 is 2.18 bits per heavy atom. The van der Waals surface area contributed by atoms with Crippen LogP contribution in [-0.2, 0) is 16.0 Å². The molecular formula is C26H33NO7. The third kappa shape index (κ3) is 4.40. The van der Waals surface area contributed by atoms with Gasteiger partial charge in [-0.25, -0.2) is 0 Å². The van der Waals surface area contributed by atoms with Crippen molar-refractivity contribution in [2.75, 3.05) is 61.3 Å². The van der Waals surface area contributed by atoms with Gasteiger partial charge in [-0.1, -0.05) is 6.07 Å². The first-order chi connectivity index (χ1) is 16.6. The van der Waals surface area contributed by atoms with Crippen LogP contribution in [0.2, 0.25) is 0 Å². The van der Waals surface area contributed by atoms with Crippen LogP contribution < -0.4 is 18.9 Å². The van der Waals surface area contributed by atoms with Crippen molar-refractivity contribution in [2.45, 2.75) is 12.3 Å². The first-order valence-electron chi connectivity index (χ1n) is 11.5. The fourth-order valence-electron chi connectivity index (χ4n) is 5.25. The number of benzene rings is 2. The Morgan fingerprint density at radius 1 is 0.941 bits per heavy atom. The molecule has 1 fully saturated rings. The third-order valence-electron chi connectivity index (χ3n) is 6.98. The van der Waals surface area contributed by atoms with Crippen LogP contribution >= 0.6 is 0 Å². The highest BCUT2D eigenvalue weighted by Crippen LogP contribution is 2.48. The minimum Gasteiger partial charge on any atom is -0.493 e. The predicted molar refractivity (Wildman–Crippen MR) is 126 cm³/mol. The molecule has 0 bridgehead atoms. The molecule has 0 unspecified atom stereocenters. The van der Waals surface area contributed by atoms with E-state index < -0.39 is 0 Å². The van der Waals surface area contributed by atoms with E-state index >= 15 is 0 Å². The van der Waals surface area contributed by atoms with Gasteiger partial charge in [-0.2, -0.15) is 0 Å². The molecule has 1 heterocycles. The Balaban J connectivity index is 1.85. The van der Waals surface area contributed by atoms with E-state index in [0.717, 1.165) is 16.7 Å². The maximum atomic E-state index is 13.7. The number of hydrogen-bond acceptors (Lipinski definition) is 7. The minimum absolute atomic E-state index is 0.0493. The molecule has 1 aliphatic heterocycles. The van der Waals surface area contributed by atoms with E-state index in [9.17, 15) is 9.90 Å². The SMILES string of the molecule is COc1ccc([C@@H]2c3cc(OC)c(OC)cc3C[C@@H](C(=O)N3CCOCC3)[C@H]2CO)cc1OC. The van der Waals surface area contributed by atoms with Gasteiger partial charge in [0, 0.05) is 37.5 Å². The normalized spacial score (nSPS) is 22.0. The molecule has 0 radical (unpaired) electrons. The van der Waals surface area contributed by atoms with Crippen molar-refractivity contribution in [1.82, 2.24) is 4.90 Å². The van der Waals surface area contributed by atoms with Crippen LogP contribution in [0.3, 0.4) is 0 Å². The Bertz CT molecular complexity index is 1020. The number of carbonyl (C=O) groups is 1. The number of rotatable bonds is 7. The third-order valence-corrected chi connectivity index (χ3v) is 6.98. The summed E-state index contributed by atoms with van der Waals surface area (Å²) >= 11 is 0. The highest BCUT2D eigenvalue weighted by Gasteiger charge is 2.43. The maximum absolute atomic E-state index is 13.7. The fraction of sp³-hybridized carbons (Fsp3) is 0.500. The monoisotopic (exact) mass is 471 g/mol. The summed E-state index contributed by atoms with van der Waals surface area (Å²) in [5, 5.41) is 10.6. The zero-order valence-electron chi connectivity index (χ0n) is 20.2. The molecule has 1 saturated heterocycles. The van der Waals surface area contributed by atoms with Crippen LogP contribution in [0.15, 0.2) is 30.3 Å². The van der Waals surface area contributed by atoms with E-state index in [-0.39, 0.29) is 30.3 Å². The van der Waals surface area contributed by atoms with Crippen molar-refractivity contribution >= 4 is 5.91 Å². The molecule has 0 aromatic heterocycles. The summed E-state index contributed by atoms with van der Waals surface area (Å²) in [7, 11) is 6.40. The van der Waals surface area contributed by atoms with Crippen molar-refractivity contribution < 1.29 is 33.6 Å². The number of amides is 1. The van der Waals surface area contributed by atoms with Crippen LogP contribution in [0.25, 0.3) is 0 Å². The number of fused-ring (bicyclic) bond motifs is 1. The average Bonchev–Trinajstić information content (AvgIpc) is 2.90. The van der Waals surface area contributed by atoms with Crippen LogP contribution in [0, 0.1) is 11.8 Å². The second-order valence-electron chi connectivity index (χ2n) is 8.59. The van der Waals surface area contributed by atoms with Gasteiger partial charge >= 0.3 is 0 Å². The smallest absolute Gasteiger partial charge is 0.226 e. The zero-order chi connectivity index (χ0) is 24.2. The molecule has 4 rings (SSSR count). The molecule has 3 atom stereocenters. The van der Waals surface area contributed by atoms with Gasteiger partial charge in [0.25, 0.3) is 0 Å². The van der Waals surface area contributed by atoms with Crippen molar-refractivity contribution in [2.24, 2.45) is 11.8 Å².